The lowest BCUT2D eigenvalue weighted by atomic mass is 10.1. The Morgan fingerprint density at radius 3 is 2.38 bits per heavy atom. The maximum atomic E-state index is 12.3. The lowest BCUT2D eigenvalue weighted by Crippen LogP contribution is -2.24. The Hall–Kier alpha value is -2.96. The van der Waals surface area contributed by atoms with Gasteiger partial charge in [0.15, 0.2) is 11.5 Å². The van der Waals surface area contributed by atoms with Crippen molar-refractivity contribution in [2.75, 3.05) is 30.4 Å². The van der Waals surface area contributed by atoms with Gasteiger partial charge in [-0.15, -0.1) is 10.2 Å². The average Bonchev–Trinajstić information content (AvgIpc) is 2.63. The lowest BCUT2D eigenvalue weighted by Gasteiger charge is -2.18. The molecule has 1 amide bonds. The summed E-state index contributed by atoms with van der Waals surface area (Å²) < 4.78 is 4.71. The van der Waals surface area contributed by atoms with E-state index in [2.05, 4.69) is 15.5 Å². The fourth-order valence-corrected chi connectivity index (χ4v) is 2.23. The van der Waals surface area contributed by atoms with E-state index in [1.165, 1.54) is 7.11 Å². The van der Waals surface area contributed by atoms with Crippen LogP contribution in [-0.2, 0) is 4.74 Å². The van der Waals surface area contributed by atoms with E-state index in [4.69, 9.17) is 4.74 Å². The molecular weight excluding hydrogens is 308 g/mol. The van der Waals surface area contributed by atoms with E-state index in [0.717, 1.165) is 13.1 Å². The first-order valence-electron chi connectivity index (χ1n) is 7.68. The van der Waals surface area contributed by atoms with Gasteiger partial charge in [-0.05, 0) is 38.1 Å². The molecule has 2 aromatic rings. The van der Waals surface area contributed by atoms with E-state index in [-0.39, 0.29) is 11.3 Å². The van der Waals surface area contributed by atoms with Crippen molar-refractivity contribution < 1.29 is 14.3 Å². The summed E-state index contributed by atoms with van der Waals surface area (Å²) in [6, 6.07) is 9.98. The number of aromatic nitrogens is 2. The highest BCUT2D eigenvalue weighted by atomic mass is 16.5. The lowest BCUT2D eigenvalue weighted by molar-refractivity contribution is 0.0602. The Kier molecular flexibility index (Phi) is 5.83. The quantitative estimate of drug-likeness (QED) is 0.820. The number of amides is 1. The molecule has 126 valence electrons. The van der Waals surface area contributed by atoms with Crippen molar-refractivity contribution >= 4 is 23.4 Å². The summed E-state index contributed by atoms with van der Waals surface area (Å²) in [6.07, 6.45) is 0. The first-order chi connectivity index (χ1) is 11.6. The molecule has 0 aliphatic rings. The first kappa shape index (κ1) is 17.4. The number of esters is 1. The predicted molar refractivity (Wildman–Crippen MR) is 91.3 cm³/mol. The summed E-state index contributed by atoms with van der Waals surface area (Å²) in [5.74, 6) is -0.245. The van der Waals surface area contributed by atoms with Crippen LogP contribution in [-0.4, -0.2) is 42.3 Å². The summed E-state index contributed by atoms with van der Waals surface area (Å²) in [7, 11) is 1.29. The largest absolute Gasteiger partial charge is 0.465 e. The van der Waals surface area contributed by atoms with E-state index >= 15 is 0 Å². The van der Waals surface area contributed by atoms with Gasteiger partial charge in [0.2, 0.25) is 0 Å². The molecule has 24 heavy (non-hydrogen) atoms. The summed E-state index contributed by atoms with van der Waals surface area (Å²) >= 11 is 0. The van der Waals surface area contributed by atoms with E-state index in [1.54, 1.807) is 36.4 Å². The number of rotatable bonds is 6. The highest BCUT2D eigenvalue weighted by Crippen LogP contribution is 2.17. The maximum absolute atomic E-state index is 12.3. The van der Waals surface area contributed by atoms with Crippen molar-refractivity contribution in [3.63, 3.8) is 0 Å². The third kappa shape index (κ3) is 3.87. The van der Waals surface area contributed by atoms with Crippen LogP contribution in [0.3, 0.4) is 0 Å². The third-order valence-electron chi connectivity index (χ3n) is 3.55. The van der Waals surface area contributed by atoms with Crippen LogP contribution in [0.2, 0.25) is 0 Å². The normalized spacial score (nSPS) is 10.1. The van der Waals surface area contributed by atoms with E-state index in [1.807, 2.05) is 18.7 Å². The number of methoxy groups -OCH3 is 1. The van der Waals surface area contributed by atoms with Gasteiger partial charge < -0.3 is 15.0 Å². The van der Waals surface area contributed by atoms with Crippen LogP contribution >= 0.6 is 0 Å². The number of anilines is 2. The molecular formula is C17H20N4O3. The van der Waals surface area contributed by atoms with Crippen molar-refractivity contribution in [3.8, 4) is 0 Å². The second kappa shape index (κ2) is 8.05. The van der Waals surface area contributed by atoms with Crippen molar-refractivity contribution in [1.29, 1.82) is 0 Å². The van der Waals surface area contributed by atoms with Gasteiger partial charge in [-0.1, -0.05) is 12.1 Å². The molecule has 1 heterocycles. The molecule has 7 nitrogen and oxygen atoms in total. The summed E-state index contributed by atoms with van der Waals surface area (Å²) in [5.41, 5.74) is 0.815. The standard InChI is InChI=1S/C17H20N4O3/c1-4-21(5-2)15-11-10-14(19-20-15)16(22)18-13-9-7-6-8-12(13)17(23)24-3/h6-11H,4-5H2,1-3H3,(H,18,22). The predicted octanol–water partition coefficient (Wildman–Crippen LogP) is 2.36. The molecule has 1 aromatic carbocycles. The summed E-state index contributed by atoms with van der Waals surface area (Å²) in [6.45, 7) is 5.66. The monoisotopic (exact) mass is 328 g/mol. The molecule has 0 atom stereocenters. The van der Waals surface area contributed by atoms with Crippen LogP contribution in [0.1, 0.15) is 34.7 Å². The van der Waals surface area contributed by atoms with Gasteiger partial charge in [-0.2, -0.15) is 0 Å². The average molecular weight is 328 g/mol. The van der Waals surface area contributed by atoms with E-state index in [9.17, 15) is 9.59 Å². The van der Waals surface area contributed by atoms with Gasteiger partial charge in [-0.25, -0.2) is 4.79 Å². The second-order valence-electron chi connectivity index (χ2n) is 4.94. The molecule has 1 N–H and O–H groups in total. The van der Waals surface area contributed by atoms with Crippen LogP contribution in [0.4, 0.5) is 11.5 Å². The van der Waals surface area contributed by atoms with Crippen LogP contribution < -0.4 is 10.2 Å². The minimum atomic E-state index is -0.520. The zero-order chi connectivity index (χ0) is 17.5. The number of para-hydroxylation sites is 1. The van der Waals surface area contributed by atoms with E-state index in [0.29, 0.717) is 11.5 Å². The van der Waals surface area contributed by atoms with Gasteiger partial charge in [0.25, 0.3) is 5.91 Å². The highest BCUT2D eigenvalue weighted by Gasteiger charge is 2.15. The smallest absolute Gasteiger partial charge is 0.339 e. The van der Waals surface area contributed by atoms with Gasteiger partial charge in [0, 0.05) is 13.1 Å². The minimum absolute atomic E-state index is 0.172. The number of ether oxygens (including phenoxy) is 1. The van der Waals surface area contributed by atoms with E-state index < -0.39 is 11.9 Å². The number of hydrogen-bond acceptors (Lipinski definition) is 6. The Balaban J connectivity index is 2.17. The second-order valence-corrected chi connectivity index (χ2v) is 4.94. The van der Waals surface area contributed by atoms with Gasteiger partial charge in [0.05, 0.1) is 18.4 Å². The number of carbonyl (C=O) groups is 2. The number of hydrogen-bond donors (Lipinski definition) is 1. The molecule has 0 aliphatic carbocycles. The van der Waals surface area contributed by atoms with Crippen molar-refractivity contribution in [3.05, 3.63) is 47.7 Å². The van der Waals surface area contributed by atoms with Crippen molar-refractivity contribution in [2.45, 2.75) is 13.8 Å². The Morgan fingerprint density at radius 1 is 1.08 bits per heavy atom. The van der Waals surface area contributed by atoms with Crippen LogP contribution in [0.5, 0.6) is 0 Å². The molecule has 0 unspecified atom stereocenters. The number of benzene rings is 1. The summed E-state index contributed by atoms with van der Waals surface area (Å²) in [4.78, 5) is 26.1. The molecule has 0 radical (unpaired) electrons. The van der Waals surface area contributed by atoms with Gasteiger partial charge in [-0.3, -0.25) is 4.79 Å². The number of carbonyl (C=O) groups excluding carboxylic acids is 2. The third-order valence-corrected chi connectivity index (χ3v) is 3.55. The van der Waals surface area contributed by atoms with Crippen LogP contribution in [0.25, 0.3) is 0 Å². The molecule has 0 bridgehead atoms. The van der Waals surface area contributed by atoms with Gasteiger partial charge in [0.1, 0.15) is 0 Å². The van der Waals surface area contributed by atoms with Crippen molar-refractivity contribution in [2.24, 2.45) is 0 Å². The first-order valence-corrected chi connectivity index (χ1v) is 7.68. The molecule has 7 heteroatoms. The molecule has 0 spiro atoms. The Labute approximate surface area is 140 Å². The fourth-order valence-electron chi connectivity index (χ4n) is 2.23. The topological polar surface area (TPSA) is 84.4 Å². The fraction of sp³-hybridized carbons (Fsp3) is 0.294. The Morgan fingerprint density at radius 2 is 1.79 bits per heavy atom. The van der Waals surface area contributed by atoms with Gasteiger partial charge >= 0.3 is 5.97 Å². The summed E-state index contributed by atoms with van der Waals surface area (Å²) in [5, 5.41) is 10.7. The molecule has 0 saturated heterocycles. The minimum Gasteiger partial charge on any atom is -0.465 e. The number of nitrogens with zero attached hydrogens (tertiary/aromatic N) is 3. The van der Waals surface area contributed by atoms with Crippen LogP contribution in [0.15, 0.2) is 36.4 Å². The maximum Gasteiger partial charge on any atom is 0.339 e. The SMILES string of the molecule is CCN(CC)c1ccc(C(=O)Nc2ccccc2C(=O)OC)nn1. The molecule has 0 aliphatic heterocycles. The Bertz CT molecular complexity index is 712. The zero-order valence-electron chi connectivity index (χ0n) is 13.9. The van der Waals surface area contributed by atoms with Crippen LogP contribution in [0, 0.1) is 0 Å². The molecule has 0 saturated carbocycles. The highest BCUT2D eigenvalue weighted by molar-refractivity contribution is 6.07. The molecule has 1 aromatic heterocycles. The molecule has 0 fully saturated rings. The number of nitrogens with one attached hydrogen (secondary N) is 1. The zero-order valence-corrected chi connectivity index (χ0v) is 13.9. The van der Waals surface area contributed by atoms with Crippen molar-refractivity contribution in [1.82, 2.24) is 10.2 Å². The molecule has 2 rings (SSSR count).